The number of hydrogen-bond donors (Lipinski definition) is 1. The van der Waals surface area contributed by atoms with Crippen molar-refractivity contribution in [1.82, 2.24) is 9.88 Å². The number of aromatic nitrogens is 1. The van der Waals surface area contributed by atoms with E-state index < -0.39 is 4.92 Å². The Kier molecular flexibility index (Phi) is 3.92. The van der Waals surface area contributed by atoms with Crippen LogP contribution in [0.25, 0.3) is 0 Å². The fraction of sp³-hybridized carbons (Fsp3) is 0.500. The standard InChI is InChI=1S/C8H10N4O3S2/c13-3-1-11-2-4-16-8(11)10-7-9-5-6(17-7)12(14)15/h5,13H,1-4H2/b10-8-. The van der Waals surface area contributed by atoms with Crippen LogP contribution in [0.5, 0.6) is 0 Å². The van der Waals surface area contributed by atoms with Crippen molar-refractivity contribution in [3.05, 3.63) is 16.3 Å². The predicted molar refractivity (Wildman–Crippen MR) is 67.0 cm³/mol. The molecular formula is C8H10N4O3S2. The fourth-order valence-corrected chi connectivity index (χ4v) is 3.01. The largest absolute Gasteiger partial charge is 0.395 e. The zero-order valence-corrected chi connectivity index (χ0v) is 10.4. The Hall–Kier alpha value is -1.19. The number of aliphatic hydroxyl groups excluding tert-OH is 1. The summed E-state index contributed by atoms with van der Waals surface area (Å²) in [4.78, 5) is 20.1. The van der Waals surface area contributed by atoms with Gasteiger partial charge in [-0.15, -0.1) is 0 Å². The van der Waals surface area contributed by atoms with Crippen molar-refractivity contribution in [2.24, 2.45) is 4.99 Å². The van der Waals surface area contributed by atoms with Crippen molar-refractivity contribution in [3.8, 4) is 0 Å². The molecule has 0 radical (unpaired) electrons. The molecule has 0 aromatic carbocycles. The molecule has 9 heteroatoms. The molecule has 0 atom stereocenters. The Morgan fingerprint density at radius 3 is 3.18 bits per heavy atom. The van der Waals surface area contributed by atoms with Gasteiger partial charge in [0.2, 0.25) is 5.13 Å². The van der Waals surface area contributed by atoms with E-state index >= 15 is 0 Å². The Bertz CT molecular complexity index is 448. The highest BCUT2D eigenvalue weighted by Gasteiger charge is 2.20. The van der Waals surface area contributed by atoms with Gasteiger partial charge in [-0.1, -0.05) is 11.8 Å². The van der Waals surface area contributed by atoms with Crippen LogP contribution in [0.4, 0.5) is 10.1 Å². The Morgan fingerprint density at radius 1 is 1.71 bits per heavy atom. The van der Waals surface area contributed by atoms with Crippen LogP contribution >= 0.6 is 23.1 Å². The topological polar surface area (TPSA) is 91.9 Å². The van der Waals surface area contributed by atoms with Crippen LogP contribution in [-0.2, 0) is 0 Å². The second kappa shape index (κ2) is 5.43. The molecule has 0 bridgehead atoms. The van der Waals surface area contributed by atoms with E-state index in [4.69, 9.17) is 5.11 Å². The van der Waals surface area contributed by atoms with Crippen molar-refractivity contribution in [2.75, 3.05) is 25.4 Å². The van der Waals surface area contributed by atoms with Crippen molar-refractivity contribution < 1.29 is 10.0 Å². The average molecular weight is 274 g/mol. The lowest BCUT2D eigenvalue weighted by molar-refractivity contribution is -0.380. The summed E-state index contributed by atoms with van der Waals surface area (Å²) in [6.45, 7) is 1.43. The van der Waals surface area contributed by atoms with E-state index in [2.05, 4.69) is 9.98 Å². The predicted octanol–water partition coefficient (Wildman–Crippen LogP) is 1.08. The molecule has 0 spiro atoms. The van der Waals surface area contributed by atoms with Crippen LogP contribution in [0.1, 0.15) is 0 Å². The van der Waals surface area contributed by atoms with Gasteiger partial charge in [0.05, 0.1) is 11.5 Å². The van der Waals surface area contributed by atoms with Crippen molar-refractivity contribution >= 4 is 38.4 Å². The van der Waals surface area contributed by atoms with E-state index in [1.54, 1.807) is 11.8 Å². The smallest absolute Gasteiger partial charge is 0.345 e. The fourth-order valence-electron chi connectivity index (χ4n) is 1.34. The second-order valence-electron chi connectivity index (χ2n) is 3.19. The van der Waals surface area contributed by atoms with Gasteiger partial charge in [0.1, 0.15) is 6.20 Å². The lowest BCUT2D eigenvalue weighted by Gasteiger charge is -2.14. The number of thiazole rings is 1. The first kappa shape index (κ1) is 12.3. The Balaban J connectivity index is 2.14. The van der Waals surface area contributed by atoms with Crippen LogP contribution in [0.15, 0.2) is 11.2 Å². The molecule has 2 rings (SSSR count). The molecule has 0 aliphatic carbocycles. The number of amidine groups is 1. The molecule has 0 saturated carbocycles. The normalized spacial score (nSPS) is 17.9. The highest BCUT2D eigenvalue weighted by Crippen LogP contribution is 2.29. The molecule has 0 amide bonds. The summed E-state index contributed by atoms with van der Waals surface area (Å²) < 4.78 is 0. The SMILES string of the molecule is O=[N+]([O-])c1cnc(/N=C2\SCCN2CCO)s1. The molecule has 1 aliphatic heterocycles. The van der Waals surface area contributed by atoms with Gasteiger partial charge in [-0.25, -0.2) is 4.98 Å². The molecule has 17 heavy (non-hydrogen) atoms. The molecule has 0 unspecified atom stereocenters. The summed E-state index contributed by atoms with van der Waals surface area (Å²) in [5, 5.41) is 20.5. The van der Waals surface area contributed by atoms with Gasteiger partial charge >= 0.3 is 5.00 Å². The van der Waals surface area contributed by atoms with Gasteiger partial charge in [0.15, 0.2) is 5.17 Å². The number of β-amino-alcohol motifs (C(OH)–C–C–N with tert-alkyl or cyclic N) is 1. The first-order chi connectivity index (χ1) is 8.20. The molecule has 92 valence electrons. The first-order valence-electron chi connectivity index (χ1n) is 4.88. The van der Waals surface area contributed by atoms with E-state index in [1.165, 1.54) is 6.20 Å². The summed E-state index contributed by atoms with van der Waals surface area (Å²) in [5.74, 6) is 0.909. The van der Waals surface area contributed by atoms with Crippen molar-refractivity contribution in [1.29, 1.82) is 0 Å². The summed E-state index contributed by atoms with van der Waals surface area (Å²) >= 11 is 2.51. The van der Waals surface area contributed by atoms with Crippen molar-refractivity contribution in [3.63, 3.8) is 0 Å². The second-order valence-corrected chi connectivity index (χ2v) is 5.24. The third kappa shape index (κ3) is 2.93. The lowest BCUT2D eigenvalue weighted by Crippen LogP contribution is -2.27. The zero-order chi connectivity index (χ0) is 12.3. The number of rotatable bonds is 4. The van der Waals surface area contributed by atoms with Gasteiger partial charge < -0.3 is 10.0 Å². The van der Waals surface area contributed by atoms with Crippen LogP contribution < -0.4 is 0 Å². The van der Waals surface area contributed by atoms with Crippen LogP contribution in [0.3, 0.4) is 0 Å². The molecule has 1 fully saturated rings. The molecule has 1 aromatic rings. The third-order valence-corrected chi connectivity index (χ3v) is 3.92. The van der Waals surface area contributed by atoms with Gasteiger partial charge in [-0.3, -0.25) is 10.1 Å². The summed E-state index contributed by atoms with van der Waals surface area (Å²) in [6, 6.07) is 0. The van der Waals surface area contributed by atoms with E-state index in [-0.39, 0.29) is 11.6 Å². The van der Waals surface area contributed by atoms with E-state index in [9.17, 15) is 10.1 Å². The van der Waals surface area contributed by atoms with Crippen LogP contribution in [0.2, 0.25) is 0 Å². The summed E-state index contributed by atoms with van der Waals surface area (Å²) in [7, 11) is 0. The molecule has 1 aromatic heterocycles. The van der Waals surface area contributed by atoms with E-state index in [0.29, 0.717) is 11.7 Å². The Labute approximate surface area is 105 Å². The van der Waals surface area contributed by atoms with E-state index in [0.717, 1.165) is 28.8 Å². The first-order valence-corrected chi connectivity index (χ1v) is 6.68. The molecule has 1 aliphatic rings. The number of hydrogen-bond acceptors (Lipinski definition) is 7. The quantitative estimate of drug-likeness (QED) is 0.652. The number of thioether (sulfide) groups is 1. The average Bonchev–Trinajstić information content (AvgIpc) is 2.90. The van der Waals surface area contributed by atoms with E-state index in [1.807, 2.05) is 4.90 Å². The van der Waals surface area contributed by atoms with Crippen LogP contribution in [-0.4, -0.2) is 50.5 Å². The number of aliphatic imine (C=N–C) groups is 1. The molecule has 2 heterocycles. The molecule has 7 nitrogen and oxygen atoms in total. The van der Waals surface area contributed by atoms with Gasteiger partial charge in [0.25, 0.3) is 0 Å². The number of aliphatic hydroxyl groups is 1. The molecule has 1 saturated heterocycles. The maximum Gasteiger partial charge on any atom is 0.345 e. The van der Waals surface area contributed by atoms with Crippen molar-refractivity contribution in [2.45, 2.75) is 0 Å². The Morgan fingerprint density at radius 2 is 2.53 bits per heavy atom. The minimum atomic E-state index is -0.478. The minimum absolute atomic E-state index is 0.0129. The third-order valence-electron chi connectivity index (χ3n) is 2.09. The summed E-state index contributed by atoms with van der Waals surface area (Å²) in [6.07, 6.45) is 1.21. The highest BCUT2D eigenvalue weighted by atomic mass is 32.2. The highest BCUT2D eigenvalue weighted by molar-refractivity contribution is 8.14. The van der Waals surface area contributed by atoms with Gasteiger partial charge in [0, 0.05) is 18.8 Å². The van der Waals surface area contributed by atoms with Gasteiger partial charge in [-0.05, 0) is 11.3 Å². The molecular weight excluding hydrogens is 264 g/mol. The van der Waals surface area contributed by atoms with Crippen LogP contribution in [0, 0.1) is 10.1 Å². The minimum Gasteiger partial charge on any atom is -0.395 e. The number of nitrogens with zero attached hydrogens (tertiary/aromatic N) is 4. The maximum absolute atomic E-state index is 10.5. The summed E-state index contributed by atoms with van der Waals surface area (Å²) in [5.41, 5.74) is 0. The van der Waals surface area contributed by atoms with Gasteiger partial charge in [-0.2, -0.15) is 4.99 Å². The lowest BCUT2D eigenvalue weighted by atomic mass is 10.5. The maximum atomic E-state index is 10.5. The number of nitro groups is 1. The monoisotopic (exact) mass is 274 g/mol. The molecule has 1 N–H and O–H groups in total. The zero-order valence-electron chi connectivity index (χ0n) is 8.77.